The van der Waals surface area contributed by atoms with Crippen molar-refractivity contribution in [3.8, 4) is 6.01 Å². The van der Waals surface area contributed by atoms with Crippen LogP contribution < -0.4 is 4.74 Å². The second-order valence-electron chi connectivity index (χ2n) is 7.32. The first-order valence-corrected chi connectivity index (χ1v) is 9.20. The number of imidazole rings is 1. The highest BCUT2D eigenvalue weighted by atomic mass is 19.4. The molecule has 2 saturated carbocycles. The zero-order valence-electron chi connectivity index (χ0n) is 15.0. The number of carbonyl (C=O) groups excluding carboxylic acids is 1. The van der Waals surface area contributed by atoms with Crippen molar-refractivity contribution in [3.63, 3.8) is 0 Å². The normalized spacial score (nSPS) is 23.4. The van der Waals surface area contributed by atoms with E-state index in [1.54, 1.807) is 12.1 Å². The standard InChI is InChI=1S/C19H21F3N2O3/c1-26-17(25)11-2-9-16-15(10-11)23-18(24(16)13-5-6-13)27-14-7-3-12(4-8-14)19(20,21)22/h2,9-10,12-14H,3-8H2,1H3. The van der Waals surface area contributed by atoms with Crippen molar-refractivity contribution in [2.75, 3.05) is 7.11 Å². The first kappa shape index (κ1) is 18.1. The number of hydrogen-bond acceptors (Lipinski definition) is 4. The third-order valence-corrected chi connectivity index (χ3v) is 5.40. The molecular weight excluding hydrogens is 361 g/mol. The third-order valence-electron chi connectivity index (χ3n) is 5.40. The monoisotopic (exact) mass is 382 g/mol. The summed E-state index contributed by atoms with van der Waals surface area (Å²) in [6, 6.07) is 5.89. The van der Waals surface area contributed by atoms with Gasteiger partial charge in [0.15, 0.2) is 0 Å². The maximum atomic E-state index is 12.9. The van der Waals surface area contributed by atoms with E-state index in [1.165, 1.54) is 7.11 Å². The molecule has 0 spiro atoms. The number of rotatable bonds is 4. The minimum absolute atomic E-state index is 0.0876. The second kappa shape index (κ2) is 6.73. The van der Waals surface area contributed by atoms with Gasteiger partial charge < -0.3 is 9.47 Å². The van der Waals surface area contributed by atoms with Crippen LogP contribution >= 0.6 is 0 Å². The van der Waals surface area contributed by atoms with Gasteiger partial charge in [-0.15, -0.1) is 0 Å². The lowest BCUT2D eigenvalue weighted by atomic mass is 9.87. The predicted octanol–water partition coefficient (Wildman–Crippen LogP) is 4.66. The number of benzene rings is 1. The summed E-state index contributed by atoms with van der Waals surface area (Å²) in [5.41, 5.74) is 1.90. The van der Waals surface area contributed by atoms with Crippen LogP contribution in [-0.2, 0) is 4.74 Å². The van der Waals surface area contributed by atoms with Crippen LogP contribution in [0, 0.1) is 5.92 Å². The van der Waals surface area contributed by atoms with Gasteiger partial charge in [-0.2, -0.15) is 18.2 Å². The van der Waals surface area contributed by atoms with Gasteiger partial charge in [0, 0.05) is 6.04 Å². The minimum Gasteiger partial charge on any atom is -0.465 e. The number of carbonyl (C=O) groups is 1. The number of hydrogen-bond donors (Lipinski definition) is 0. The molecule has 4 rings (SSSR count). The minimum atomic E-state index is -4.13. The molecule has 0 unspecified atom stereocenters. The van der Waals surface area contributed by atoms with Crippen molar-refractivity contribution in [1.29, 1.82) is 0 Å². The Bertz CT molecular complexity index is 850. The molecule has 5 nitrogen and oxygen atoms in total. The van der Waals surface area contributed by atoms with Gasteiger partial charge in [-0.3, -0.25) is 4.57 Å². The lowest BCUT2D eigenvalue weighted by Gasteiger charge is -2.29. The summed E-state index contributed by atoms with van der Waals surface area (Å²) in [5, 5.41) is 0. The van der Waals surface area contributed by atoms with Gasteiger partial charge in [-0.05, 0) is 56.7 Å². The van der Waals surface area contributed by atoms with E-state index in [1.807, 2.05) is 10.6 Å². The van der Waals surface area contributed by atoms with Gasteiger partial charge in [0.2, 0.25) is 0 Å². The van der Waals surface area contributed by atoms with Crippen LogP contribution in [0.5, 0.6) is 6.01 Å². The molecule has 2 aliphatic carbocycles. The second-order valence-corrected chi connectivity index (χ2v) is 7.32. The van der Waals surface area contributed by atoms with Crippen molar-refractivity contribution >= 4 is 17.0 Å². The highest BCUT2D eigenvalue weighted by Gasteiger charge is 2.42. The molecule has 1 heterocycles. The van der Waals surface area contributed by atoms with E-state index < -0.39 is 18.1 Å². The van der Waals surface area contributed by atoms with Crippen molar-refractivity contribution in [1.82, 2.24) is 9.55 Å². The Kier molecular flexibility index (Phi) is 4.52. The molecule has 0 saturated heterocycles. The number of ether oxygens (including phenoxy) is 2. The van der Waals surface area contributed by atoms with E-state index in [0.717, 1.165) is 18.4 Å². The molecule has 2 aliphatic rings. The summed E-state index contributed by atoms with van der Waals surface area (Å²) in [4.78, 5) is 16.3. The Morgan fingerprint density at radius 1 is 1.15 bits per heavy atom. The number of aromatic nitrogens is 2. The van der Waals surface area contributed by atoms with E-state index in [-0.39, 0.29) is 18.9 Å². The van der Waals surface area contributed by atoms with E-state index in [0.29, 0.717) is 36.0 Å². The zero-order chi connectivity index (χ0) is 19.2. The molecule has 0 bridgehead atoms. The Hall–Kier alpha value is -2.25. The third kappa shape index (κ3) is 3.61. The fraction of sp³-hybridized carbons (Fsp3) is 0.579. The molecule has 0 N–H and O–H groups in total. The summed E-state index contributed by atoms with van der Waals surface area (Å²) in [6.07, 6.45) is -1.46. The van der Waals surface area contributed by atoms with Crippen LogP contribution in [0.4, 0.5) is 13.2 Å². The van der Waals surface area contributed by atoms with Gasteiger partial charge in [0.25, 0.3) is 6.01 Å². The van der Waals surface area contributed by atoms with Gasteiger partial charge in [0.05, 0.1) is 29.6 Å². The van der Waals surface area contributed by atoms with Crippen molar-refractivity contribution < 1.29 is 27.4 Å². The van der Waals surface area contributed by atoms with Crippen LogP contribution in [-0.4, -0.2) is 34.9 Å². The maximum absolute atomic E-state index is 12.9. The summed E-state index contributed by atoms with van der Waals surface area (Å²) < 4.78 is 51.3. The average molecular weight is 382 g/mol. The molecule has 1 aromatic heterocycles. The zero-order valence-corrected chi connectivity index (χ0v) is 15.0. The van der Waals surface area contributed by atoms with Gasteiger partial charge >= 0.3 is 12.1 Å². The summed E-state index contributed by atoms with van der Waals surface area (Å²) >= 11 is 0. The fourth-order valence-corrected chi connectivity index (χ4v) is 3.75. The van der Waals surface area contributed by atoms with Crippen LogP contribution in [0.15, 0.2) is 18.2 Å². The predicted molar refractivity (Wildman–Crippen MR) is 91.8 cm³/mol. The van der Waals surface area contributed by atoms with E-state index in [9.17, 15) is 18.0 Å². The molecule has 0 atom stereocenters. The summed E-state index contributed by atoms with van der Waals surface area (Å²) in [6.45, 7) is 0. The molecule has 0 amide bonds. The Labute approximate surface area is 154 Å². The molecule has 27 heavy (non-hydrogen) atoms. The SMILES string of the molecule is COC(=O)c1ccc2c(c1)nc(OC1CCC(C(F)(F)F)CC1)n2C1CC1. The molecule has 2 fully saturated rings. The number of esters is 1. The Morgan fingerprint density at radius 3 is 2.44 bits per heavy atom. The van der Waals surface area contributed by atoms with Gasteiger partial charge in [0.1, 0.15) is 6.10 Å². The summed E-state index contributed by atoms with van der Waals surface area (Å²) in [7, 11) is 1.32. The highest BCUT2D eigenvalue weighted by molar-refractivity contribution is 5.93. The number of fused-ring (bicyclic) bond motifs is 1. The molecular formula is C19H21F3N2O3. The van der Waals surface area contributed by atoms with Crippen LogP contribution in [0.3, 0.4) is 0 Å². The largest absolute Gasteiger partial charge is 0.465 e. The van der Waals surface area contributed by atoms with E-state index in [2.05, 4.69) is 4.98 Å². The quantitative estimate of drug-likeness (QED) is 0.722. The topological polar surface area (TPSA) is 53.4 Å². The number of halogens is 3. The van der Waals surface area contributed by atoms with Crippen LogP contribution in [0.25, 0.3) is 11.0 Å². The Balaban J connectivity index is 1.56. The fourth-order valence-electron chi connectivity index (χ4n) is 3.75. The smallest absolute Gasteiger partial charge is 0.391 e. The average Bonchev–Trinajstić information content (AvgIpc) is 3.41. The van der Waals surface area contributed by atoms with Gasteiger partial charge in [-0.25, -0.2) is 4.79 Å². The molecule has 0 aliphatic heterocycles. The summed E-state index contributed by atoms with van der Waals surface area (Å²) in [5.74, 6) is -1.67. The van der Waals surface area contributed by atoms with E-state index >= 15 is 0 Å². The lowest BCUT2D eigenvalue weighted by molar-refractivity contribution is -0.185. The highest BCUT2D eigenvalue weighted by Crippen LogP contribution is 2.43. The van der Waals surface area contributed by atoms with Crippen molar-refractivity contribution in [2.45, 2.75) is 56.8 Å². The van der Waals surface area contributed by atoms with Crippen molar-refractivity contribution in [3.05, 3.63) is 23.8 Å². The molecule has 0 radical (unpaired) electrons. The van der Waals surface area contributed by atoms with Gasteiger partial charge in [-0.1, -0.05) is 0 Å². The first-order valence-electron chi connectivity index (χ1n) is 9.20. The van der Waals surface area contributed by atoms with Crippen LogP contribution in [0.2, 0.25) is 0 Å². The number of alkyl halides is 3. The van der Waals surface area contributed by atoms with E-state index in [4.69, 9.17) is 9.47 Å². The lowest BCUT2D eigenvalue weighted by Crippen LogP contribution is -2.32. The number of nitrogens with zero attached hydrogens (tertiary/aromatic N) is 2. The van der Waals surface area contributed by atoms with Crippen LogP contribution in [0.1, 0.15) is 54.9 Å². The molecule has 8 heteroatoms. The maximum Gasteiger partial charge on any atom is 0.391 e. The van der Waals surface area contributed by atoms with Crippen molar-refractivity contribution in [2.24, 2.45) is 5.92 Å². The molecule has 1 aromatic carbocycles. The molecule has 146 valence electrons. The Morgan fingerprint density at radius 2 is 1.85 bits per heavy atom. The molecule has 2 aromatic rings. The number of methoxy groups -OCH3 is 1. The first-order chi connectivity index (χ1) is 12.9.